The van der Waals surface area contributed by atoms with Crippen LogP contribution in [0.2, 0.25) is 0 Å². The Balaban J connectivity index is 1.20. The third-order valence-electron chi connectivity index (χ3n) is 10.1. The third-order valence-corrected chi connectivity index (χ3v) is 11.1. The van der Waals surface area contributed by atoms with Gasteiger partial charge in [-0.15, -0.1) is 0 Å². The lowest BCUT2D eigenvalue weighted by Gasteiger charge is -2.27. The number of unbranched alkanes of at least 4 members (excludes halogenated alkanes) is 13. The average molecular weight is 781 g/mol. The number of hydrogen-bond acceptors (Lipinski definition) is 11. The lowest BCUT2D eigenvalue weighted by Crippen LogP contribution is -2.39. The number of phosphoric acid groups is 1. The number of anilines is 1. The molecular formula is C39H62FN4O9P. The van der Waals surface area contributed by atoms with Crippen molar-refractivity contribution in [2.24, 2.45) is 0 Å². The molecule has 4 rings (SSSR count). The summed E-state index contributed by atoms with van der Waals surface area (Å²) in [4.78, 5) is 14.5. The molecule has 3 heterocycles. The highest BCUT2D eigenvalue weighted by molar-refractivity contribution is 7.47. The third kappa shape index (κ3) is 13.3. The van der Waals surface area contributed by atoms with E-state index in [0.29, 0.717) is 23.4 Å². The van der Waals surface area contributed by atoms with Gasteiger partial charge in [-0.1, -0.05) is 103 Å². The van der Waals surface area contributed by atoms with Gasteiger partial charge < -0.3 is 35.1 Å². The van der Waals surface area contributed by atoms with Crippen LogP contribution in [0.5, 0.6) is 0 Å². The standard InChI is InChI=1S/C39H62FN4O9P/c1-4-5-6-7-8-9-10-11-12-13-14-15-16-17-22-49-25-31(50-24-30-19-18-29(2)23-32(30)40)26-51-54(47,48)52-27-34-36(45)37(46)39(3,53-34)35-21-20-33-38(41)42-28-43-44(33)35/h18-21,23,28,31,34,36-37,45-46H,4-17,22,24-27H2,1-3H3,(H,47,48)(H2,41,42,43)/t31-,34-,36-,37-,39+/m1/s1. The van der Waals surface area contributed by atoms with Gasteiger partial charge in [0.1, 0.15) is 47.7 Å². The number of phosphoric ester groups is 1. The van der Waals surface area contributed by atoms with E-state index in [1.54, 1.807) is 38.1 Å². The van der Waals surface area contributed by atoms with Gasteiger partial charge in [-0.05, 0) is 44.0 Å². The first kappa shape index (κ1) is 44.2. The maximum absolute atomic E-state index is 14.5. The van der Waals surface area contributed by atoms with Gasteiger partial charge in [0.25, 0.3) is 0 Å². The Labute approximate surface area is 319 Å². The van der Waals surface area contributed by atoms with Crippen LogP contribution in [-0.4, -0.2) is 80.5 Å². The molecule has 0 saturated carbocycles. The highest BCUT2D eigenvalue weighted by Gasteiger charge is 2.54. The molecule has 15 heteroatoms. The molecular weight excluding hydrogens is 718 g/mol. The van der Waals surface area contributed by atoms with Crippen LogP contribution in [0.25, 0.3) is 5.52 Å². The Kier molecular flexibility index (Phi) is 18.2. The summed E-state index contributed by atoms with van der Waals surface area (Å²) in [5.74, 6) is -0.194. The number of halogens is 1. The van der Waals surface area contributed by atoms with Crippen LogP contribution < -0.4 is 5.73 Å². The summed E-state index contributed by atoms with van der Waals surface area (Å²) in [6.45, 7) is 5.09. The molecule has 5 N–H and O–H groups in total. The maximum atomic E-state index is 14.5. The van der Waals surface area contributed by atoms with E-state index in [9.17, 15) is 24.1 Å². The number of rotatable bonds is 27. The Hall–Kier alpha value is -2.52. The van der Waals surface area contributed by atoms with Crippen LogP contribution in [-0.2, 0) is 40.0 Å². The first-order chi connectivity index (χ1) is 25.9. The molecule has 0 radical (unpaired) electrons. The average Bonchev–Trinajstić information content (AvgIpc) is 3.68. The number of aromatic nitrogens is 3. The number of nitrogens with zero attached hydrogens (tertiary/aromatic N) is 3. The van der Waals surface area contributed by atoms with Crippen molar-refractivity contribution in [2.75, 3.05) is 32.2 Å². The van der Waals surface area contributed by atoms with Crippen LogP contribution in [0, 0.1) is 12.7 Å². The molecule has 13 nitrogen and oxygen atoms in total. The number of hydrogen-bond donors (Lipinski definition) is 4. The molecule has 54 heavy (non-hydrogen) atoms. The first-order valence-electron chi connectivity index (χ1n) is 19.6. The molecule has 6 atom stereocenters. The number of aliphatic hydroxyl groups is 2. The van der Waals surface area contributed by atoms with Crippen LogP contribution in [0.15, 0.2) is 36.7 Å². The quantitative estimate of drug-likeness (QED) is 0.0448. The van der Waals surface area contributed by atoms with Gasteiger partial charge in [-0.3, -0.25) is 9.05 Å². The molecule has 0 spiro atoms. The normalized spacial score (nSPS) is 21.9. The van der Waals surface area contributed by atoms with Crippen LogP contribution in [0.3, 0.4) is 0 Å². The van der Waals surface area contributed by atoms with E-state index < -0.39 is 50.3 Å². The maximum Gasteiger partial charge on any atom is 0.472 e. The predicted molar refractivity (Wildman–Crippen MR) is 204 cm³/mol. The van der Waals surface area contributed by atoms with Gasteiger partial charge in [0.15, 0.2) is 5.82 Å². The van der Waals surface area contributed by atoms with Crippen molar-refractivity contribution < 1.29 is 47.3 Å². The first-order valence-corrected chi connectivity index (χ1v) is 21.1. The molecule has 3 aromatic rings. The number of benzene rings is 1. The monoisotopic (exact) mass is 780 g/mol. The molecule has 2 aromatic heterocycles. The summed E-state index contributed by atoms with van der Waals surface area (Å²) in [5.41, 5.74) is 6.46. The van der Waals surface area contributed by atoms with Crippen molar-refractivity contribution in [3.63, 3.8) is 0 Å². The van der Waals surface area contributed by atoms with Crippen molar-refractivity contribution in [3.05, 3.63) is 59.3 Å². The summed E-state index contributed by atoms with van der Waals surface area (Å²) in [7, 11) is -4.71. The van der Waals surface area contributed by atoms with Gasteiger partial charge in [0, 0.05) is 12.2 Å². The van der Waals surface area contributed by atoms with Gasteiger partial charge in [0.05, 0.1) is 32.1 Å². The van der Waals surface area contributed by atoms with Crippen molar-refractivity contribution >= 4 is 19.2 Å². The van der Waals surface area contributed by atoms with Crippen molar-refractivity contribution in [1.29, 1.82) is 0 Å². The van der Waals surface area contributed by atoms with E-state index in [2.05, 4.69) is 17.0 Å². The topological polar surface area (TPSA) is 180 Å². The molecule has 1 aromatic carbocycles. The zero-order valence-electron chi connectivity index (χ0n) is 32.2. The van der Waals surface area contributed by atoms with Gasteiger partial charge in [-0.2, -0.15) is 5.10 Å². The molecule has 1 saturated heterocycles. The second-order valence-corrected chi connectivity index (χ2v) is 16.1. The molecule has 1 aliphatic heterocycles. The fraction of sp³-hybridized carbons (Fsp3) is 0.692. The predicted octanol–water partition coefficient (Wildman–Crippen LogP) is 7.31. The lowest BCUT2D eigenvalue weighted by molar-refractivity contribution is -0.0901. The fourth-order valence-corrected chi connectivity index (χ4v) is 7.54. The van der Waals surface area contributed by atoms with E-state index in [4.69, 9.17) is 29.0 Å². The Morgan fingerprint density at radius 2 is 1.61 bits per heavy atom. The lowest BCUT2D eigenvalue weighted by atomic mass is 9.93. The van der Waals surface area contributed by atoms with E-state index in [1.807, 2.05) is 0 Å². The number of aliphatic hydroxyl groups excluding tert-OH is 2. The van der Waals surface area contributed by atoms with Gasteiger partial charge >= 0.3 is 7.82 Å². The summed E-state index contributed by atoms with van der Waals surface area (Å²) in [6.07, 6.45) is 13.9. The van der Waals surface area contributed by atoms with E-state index in [-0.39, 0.29) is 25.6 Å². The van der Waals surface area contributed by atoms with Crippen LogP contribution in [0.1, 0.15) is 121 Å². The smallest absolute Gasteiger partial charge is 0.387 e. The summed E-state index contributed by atoms with van der Waals surface area (Å²) >= 11 is 0. The van der Waals surface area contributed by atoms with Crippen molar-refractivity contribution in [3.8, 4) is 0 Å². The highest BCUT2D eigenvalue weighted by Crippen LogP contribution is 2.46. The Bertz CT molecular complexity index is 1600. The van der Waals surface area contributed by atoms with E-state index >= 15 is 0 Å². The summed E-state index contributed by atoms with van der Waals surface area (Å²) < 4.78 is 57.2. The van der Waals surface area contributed by atoms with Gasteiger partial charge in [-0.25, -0.2) is 18.5 Å². The molecule has 0 amide bonds. The van der Waals surface area contributed by atoms with Crippen LogP contribution in [0.4, 0.5) is 10.2 Å². The summed E-state index contributed by atoms with van der Waals surface area (Å²) in [5, 5.41) is 26.0. The highest BCUT2D eigenvalue weighted by atomic mass is 31.2. The number of nitrogens with two attached hydrogens (primary N) is 1. The second-order valence-electron chi connectivity index (χ2n) is 14.6. The largest absolute Gasteiger partial charge is 0.472 e. The molecule has 304 valence electrons. The van der Waals surface area contributed by atoms with Crippen molar-refractivity contribution in [1.82, 2.24) is 14.6 Å². The minimum absolute atomic E-state index is 0.0558. The number of fused-ring (bicyclic) bond motifs is 1. The van der Waals surface area contributed by atoms with E-state index in [0.717, 1.165) is 24.8 Å². The minimum atomic E-state index is -4.71. The van der Waals surface area contributed by atoms with Crippen LogP contribution >= 0.6 is 7.82 Å². The number of aryl methyl sites for hydroxylation is 1. The van der Waals surface area contributed by atoms with Crippen molar-refractivity contribution in [2.45, 2.75) is 147 Å². The van der Waals surface area contributed by atoms with E-state index in [1.165, 1.54) is 87.5 Å². The van der Waals surface area contributed by atoms with Gasteiger partial charge in [0.2, 0.25) is 0 Å². The molecule has 1 fully saturated rings. The second kappa shape index (κ2) is 22.3. The zero-order valence-corrected chi connectivity index (χ0v) is 33.1. The zero-order chi connectivity index (χ0) is 39.0. The number of ether oxygens (including phenoxy) is 3. The molecule has 0 bridgehead atoms. The molecule has 1 unspecified atom stereocenters. The Morgan fingerprint density at radius 3 is 2.26 bits per heavy atom. The molecule has 0 aliphatic carbocycles. The number of nitrogen functional groups attached to an aromatic ring is 1. The SMILES string of the molecule is CCCCCCCCCCCCCCCCOC[C@H](COP(=O)(O)OC[C@H]1O[C@@](C)(c2ccc3c(N)ncnn23)[C@H](O)[C@@H]1O)OCc1ccc(C)cc1F. The molecule has 1 aliphatic rings. The minimum Gasteiger partial charge on any atom is -0.387 e. The Morgan fingerprint density at radius 1 is 0.963 bits per heavy atom. The summed E-state index contributed by atoms with van der Waals surface area (Å²) in [6, 6.07) is 8.12. The fourth-order valence-electron chi connectivity index (χ4n) is 6.77.